The minimum absolute atomic E-state index is 0.0786. The van der Waals surface area contributed by atoms with Gasteiger partial charge in [0.1, 0.15) is 12.7 Å². The lowest BCUT2D eigenvalue weighted by molar-refractivity contribution is -0.167. The number of hydrogen-bond acceptors (Lipinski definition) is 8. The van der Waals surface area contributed by atoms with Gasteiger partial charge >= 0.3 is 17.9 Å². The summed E-state index contributed by atoms with van der Waals surface area (Å²) in [5, 5.41) is 18.5. The van der Waals surface area contributed by atoms with Gasteiger partial charge in [-0.05, 0) is 47.0 Å². The number of aliphatic hydroxyl groups excluding tert-OH is 2. The Bertz CT molecular complexity index is 532. The quantitative estimate of drug-likeness (QED) is 0.374. The second-order valence-electron chi connectivity index (χ2n) is 8.13. The molecule has 2 N–H and O–H groups in total. The van der Waals surface area contributed by atoms with Gasteiger partial charge in [0.05, 0.1) is 36.6 Å². The second-order valence-corrected chi connectivity index (χ2v) is 8.13. The molecule has 5 unspecified atom stereocenters. The molecule has 0 aromatic carbocycles. The Hall–Kier alpha value is -1.67. The van der Waals surface area contributed by atoms with Crippen LogP contribution in [0.5, 0.6) is 0 Å². The highest BCUT2D eigenvalue weighted by Gasteiger charge is 2.47. The highest BCUT2D eigenvalue weighted by molar-refractivity contribution is 5.81. The first-order valence-corrected chi connectivity index (χ1v) is 9.60. The number of aliphatic hydroxyl groups is 2. The number of carbonyl (C=O) groups excluding carboxylic acids is 3. The topological polar surface area (TPSA) is 119 Å². The van der Waals surface area contributed by atoms with Gasteiger partial charge in [-0.1, -0.05) is 13.8 Å². The molecular formula is C20H36O8. The van der Waals surface area contributed by atoms with Gasteiger partial charge in [0.15, 0.2) is 0 Å². The predicted molar refractivity (Wildman–Crippen MR) is 102 cm³/mol. The van der Waals surface area contributed by atoms with Gasteiger partial charge in [-0.15, -0.1) is 0 Å². The SMILES string of the molecule is CCC(C)(CC(C)(CC(C)C(=O)OC(C)CO)C(=O)OCC(C)O)C(=O)OC. The molecule has 0 amide bonds. The van der Waals surface area contributed by atoms with Crippen molar-refractivity contribution in [2.24, 2.45) is 16.7 Å². The molecule has 0 heterocycles. The lowest BCUT2D eigenvalue weighted by Gasteiger charge is -2.37. The molecule has 0 aliphatic rings. The number of methoxy groups -OCH3 is 1. The van der Waals surface area contributed by atoms with E-state index >= 15 is 0 Å². The van der Waals surface area contributed by atoms with Crippen LogP contribution in [0.2, 0.25) is 0 Å². The fraction of sp³-hybridized carbons (Fsp3) is 0.850. The van der Waals surface area contributed by atoms with Crippen LogP contribution in [0.3, 0.4) is 0 Å². The normalized spacial score (nSPS) is 18.8. The molecule has 5 atom stereocenters. The van der Waals surface area contributed by atoms with Gasteiger partial charge < -0.3 is 24.4 Å². The van der Waals surface area contributed by atoms with Gasteiger partial charge in [0, 0.05) is 0 Å². The van der Waals surface area contributed by atoms with Crippen molar-refractivity contribution >= 4 is 17.9 Å². The summed E-state index contributed by atoms with van der Waals surface area (Å²) in [6.45, 7) is 9.34. The first-order chi connectivity index (χ1) is 12.8. The average molecular weight is 405 g/mol. The van der Waals surface area contributed by atoms with Crippen LogP contribution < -0.4 is 0 Å². The molecule has 0 aromatic heterocycles. The molecule has 28 heavy (non-hydrogen) atoms. The summed E-state index contributed by atoms with van der Waals surface area (Å²) in [4.78, 5) is 37.4. The monoisotopic (exact) mass is 404 g/mol. The van der Waals surface area contributed by atoms with Crippen LogP contribution in [0.4, 0.5) is 0 Å². The number of rotatable bonds is 12. The smallest absolute Gasteiger partial charge is 0.311 e. The van der Waals surface area contributed by atoms with E-state index in [9.17, 15) is 19.5 Å². The largest absolute Gasteiger partial charge is 0.469 e. The van der Waals surface area contributed by atoms with Crippen LogP contribution in [-0.4, -0.2) is 60.7 Å². The maximum atomic E-state index is 12.8. The maximum absolute atomic E-state index is 12.8. The maximum Gasteiger partial charge on any atom is 0.311 e. The van der Waals surface area contributed by atoms with Gasteiger partial charge in [0.25, 0.3) is 0 Å². The zero-order valence-corrected chi connectivity index (χ0v) is 18.1. The fourth-order valence-electron chi connectivity index (χ4n) is 3.16. The van der Waals surface area contributed by atoms with E-state index in [1.54, 1.807) is 27.7 Å². The summed E-state index contributed by atoms with van der Waals surface area (Å²) in [6, 6.07) is 0. The van der Waals surface area contributed by atoms with Crippen LogP contribution in [0, 0.1) is 16.7 Å². The van der Waals surface area contributed by atoms with Crippen LogP contribution in [0.1, 0.15) is 60.8 Å². The summed E-state index contributed by atoms with van der Waals surface area (Å²) in [5.74, 6) is -2.27. The van der Waals surface area contributed by atoms with Crippen molar-refractivity contribution in [1.82, 2.24) is 0 Å². The van der Waals surface area contributed by atoms with E-state index in [-0.39, 0.29) is 26.1 Å². The van der Waals surface area contributed by atoms with Crippen molar-refractivity contribution in [3.63, 3.8) is 0 Å². The highest BCUT2D eigenvalue weighted by atomic mass is 16.6. The molecule has 0 bridgehead atoms. The Morgan fingerprint density at radius 3 is 2.04 bits per heavy atom. The highest BCUT2D eigenvalue weighted by Crippen LogP contribution is 2.42. The molecular weight excluding hydrogens is 368 g/mol. The molecule has 0 aliphatic carbocycles. The van der Waals surface area contributed by atoms with Crippen molar-refractivity contribution in [3.05, 3.63) is 0 Å². The van der Waals surface area contributed by atoms with Crippen molar-refractivity contribution in [1.29, 1.82) is 0 Å². The van der Waals surface area contributed by atoms with E-state index in [2.05, 4.69) is 0 Å². The van der Waals surface area contributed by atoms with E-state index in [1.165, 1.54) is 14.0 Å². The van der Waals surface area contributed by atoms with Crippen LogP contribution in [0.15, 0.2) is 0 Å². The van der Waals surface area contributed by atoms with Crippen molar-refractivity contribution in [2.75, 3.05) is 20.3 Å². The fourth-order valence-corrected chi connectivity index (χ4v) is 3.16. The van der Waals surface area contributed by atoms with Crippen LogP contribution in [0.25, 0.3) is 0 Å². The summed E-state index contributed by atoms with van der Waals surface area (Å²) < 4.78 is 15.3. The Morgan fingerprint density at radius 1 is 1.04 bits per heavy atom. The van der Waals surface area contributed by atoms with Gasteiger partial charge in [0.2, 0.25) is 0 Å². The minimum Gasteiger partial charge on any atom is -0.469 e. The average Bonchev–Trinajstić information content (AvgIpc) is 2.64. The molecule has 0 aliphatic heterocycles. The third kappa shape index (κ3) is 7.75. The Kier molecular flexibility index (Phi) is 10.7. The molecule has 8 nitrogen and oxygen atoms in total. The summed E-state index contributed by atoms with van der Waals surface area (Å²) in [5.41, 5.74) is -2.13. The predicted octanol–water partition coefficient (Wildman–Crippen LogP) is 1.85. The zero-order valence-electron chi connectivity index (χ0n) is 18.1. The number of hydrogen-bond donors (Lipinski definition) is 2. The Labute approximate surface area is 167 Å². The molecule has 0 rings (SSSR count). The molecule has 0 fully saturated rings. The minimum atomic E-state index is -1.19. The Balaban J connectivity index is 5.63. The van der Waals surface area contributed by atoms with Crippen LogP contribution >= 0.6 is 0 Å². The summed E-state index contributed by atoms with van der Waals surface area (Å²) in [7, 11) is 1.29. The number of esters is 3. The lowest BCUT2D eigenvalue weighted by atomic mass is 9.68. The van der Waals surface area contributed by atoms with E-state index in [0.29, 0.717) is 6.42 Å². The molecule has 0 aromatic rings. The molecule has 0 saturated heterocycles. The van der Waals surface area contributed by atoms with Gasteiger partial charge in [-0.3, -0.25) is 14.4 Å². The first kappa shape index (κ1) is 26.3. The van der Waals surface area contributed by atoms with E-state index < -0.39 is 46.9 Å². The van der Waals surface area contributed by atoms with E-state index in [4.69, 9.17) is 19.3 Å². The van der Waals surface area contributed by atoms with Gasteiger partial charge in [-0.25, -0.2) is 0 Å². The van der Waals surface area contributed by atoms with Crippen molar-refractivity contribution in [2.45, 2.75) is 73.0 Å². The summed E-state index contributed by atoms with van der Waals surface area (Å²) in [6.07, 6.45) is -0.873. The molecule has 164 valence electrons. The lowest BCUT2D eigenvalue weighted by Crippen LogP contribution is -2.42. The van der Waals surface area contributed by atoms with E-state index in [1.807, 2.05) is 6.92 Å². The van der Waals surface area contributed by atoms with Crippen molar-refractivity contribution < 1.29 is 38.8 Å². The number of carbonyl (C=O) groups is 3. The second kappa shape index (κ2) is 11.4. The van der Waals surface area contributed by atoms with Gasteiger partial charge in [-0.2, -0.15) is 0 Å². The zero-order chi connectivity index (χ0) is 22.1. The molecule has 0 spiro atoms. The standard InChI is InChI=1S/C20H36O8/c1-8-19(5,17(24)26-7)12-20(6,18(25)27-11-14(3)22)9-13(2)16(23)28-15(4)10-21/h13-15,21-22H,8-12H2,1-7H3. The first-order valence-electron chi connectivity index (χ1n) is 9.60. The van der Waals surface area contributed by atoms with Crippen molar-refractivity contribution in [3.8, 4) is 0 Å². The third-order valence-electron chi connectivity index (χ3n) is 4.92. The molecule has 8 heteroatoms. The van der Waals surface area contributed by atoms with Crippen LogP contribution in [-0.2, 0) is 28.6 Å². The number of ether oxygens (including phenoxy) is 3. The van der Waals surface area contributed by atoms with E-state index in [0.717, 1.165) is 0 Å². The molecule has 0 saturated carbocycles. The summed E-state index contributed by atoms with van der Waals surface area (Å²) >= 11 is 0. The molecule has 0 radical (unpaired) electrons. The third-order valence-corrected chi connectivity index (χ3v) is 4.92. The Morgan fingerprint density at radius 2 is 1.61 bits per heavy atom.